The molecule has 1 aromatic heterocycles. The molecule has 1 heterocycles. The van der Waals surface area contributed by atoms with Crippen molar-refractivity contribution in [3.63, 3.8) is 0 Å². The molecule has 0 saturated carbocycles. The lowest BCUT2D eigenvalue weighted by molar-refractivity contribution is 0.0911. The van der Waals surface area contributed by atoms with Crippen LogP contribution in [0.5, 0.6) is 5.75 Å². The molecule has 0 spiro atoms. The molecule has 0 fully saturated rings. The van der Waals surface area contributed by atoms with Gasteiger partial charge in [0.25, 0.3) is 5.91 Å². The van der Waals surface area contributed by atoms with Gasteiger partial charge in [-0.25, -0.2) is 4.98 Å². The zero-order valence-corrected chi connectivity index (χ0v) is 14.4. The quantitative estimate of drug-likeness (QED) is 0.887. The molecule has 2 N–H and O–H groups in total. The monoisotopic (exact) mass is 333 g/mol. The minimum atomic E-state index is -0.361. The maximum Gasteiger partial charge on any atom is 0.274 e. The molecule has 1 amide bonds. The molecular weight excluding hydrogens is 314 g/mol. The fraction of sp³-hybridized carbons (Fsp3) is 0.294. The molecule has 2 rings (SSSR count). The Bertz CT molecular complexity index is 711. The minimum absolute atomic E-state index is 0.231. The summed E-state index contributed by atoms with van der Waals surface area (Å²) in [5.41, 5.74) is 0.659. The number of carbonyl (C=O) groups is 1. The molecule has 0 radical (unpaired) electrons. The molecule has 122 valence electrons. The summed E-state index contributed by atoms with van der Waals surface area (Å²) in [5.74, 6) is 0.666. The molecule has 0 atom stereocenters. The summed E-state index contributed by atoms with van der Waals surface area (Å²) in [6.07, 6.45) is 0. The van der Waals surface area contributed by atoms with Gasteiger partial charge in [0.05, 0.1) is 7.11 Å². The SMILES string of the molecule is COc1ccc(Nc2cccc(Cl)c2)nc1C(=O)NC(C)(C)C. The van der Waals surface area contributed by atoms with Gasteiger partial charge in [0, 0.05) is 16.2 Å². The number of ether oxygens (including phenoxy) is 1. The number of anilines is 2. The van der Waals surface area contributed by atoms with Crippen LogP contribution in [-0.4, -0.2) is 23.5 Å². The molecule has 0 unspecified atom stereocenters. The van der Waals surface area contributed by atoms with E-state index in [1.54, 1.807) is 24.3 Å². The third-order valence-electron chi connectivity index (χ3n) is 2.88. The predicted molar refractivity (Wildman–Crippen MR) is 92.7 cm³/mol. The van der Waals surface area contributed by atoms with Crippen molar-refractivity contribution < 1.29 is 9.53 Å². The summed E-state index contributed by atoms with van der Waals surface area (Å²) in [5, 5.41) is 6.62. The van der Waals surface area contributed by atoms with Crippen molar-refractivity contribution in [1.82, 2.24) is 10.3 Å². The Morgan fingerprint density at radius 3 is 2.57 bits per heavy atom. The van der Waals surface area contributed by atoms with E-state index >= 15 is 0 Å². The average molecular weight is 334 g/mol. The maximum absolute atomic E-state index is 12.4. The summed E-state index contributed by atoms with van der Waals surface area (Å²) < 4.78 is 5.23. The molecule has 0 aliphatic carbocycles. The Kier molecular flexibility index (Phi) is 5.11. The molecular formula is C17H20ClN3O2. The predicted octanol–water partition coefficient (Wildman–Crippen LogP) is 4.02. The van der Waals surface area contributed by atoms with Crippen LogP contribution in [0.1, 0.15) is 31.3 Å². The van der Waals surface area contributed by atoms with Crippen LogP contribution in [-0.2, 0) is 0 Å². The van der Waals surface area contributed by atoms with Crippen molar-refractivity contribution in [3.8, 4) is 5.75 Å². The Labute approximate surface area is 141 Å². The fourth-order valence-corrected chi connectivity index (χ4v) is 2.15. The Morgan fingerprint density at radius 1 is 1.22 bits per heavy atom. The second-order valence-electron chi connectivity index (χ2n) is 6.09. The topological polar surface area (TPSA) is 63.2 Å². The van der Waals surface area contributed by atoms with Crippen molar-refractivity contribution in [2.45, 2.75) is 26.3 Å². The van der Waals surface area contributed by atoms with Crippen LogP contribution in [0.4, 0.5) is 11.5 Å². The van der Waals surface area contributed by atoms with E-state index < -0.39 is 0 Å². The first-order valence-corrected chi connectivity index (χ1v) is 7.56. The van der Waals surface area contributed by atoms with Crippen LogP contribution in [0.15, 0.2) is 36.4 Å². The first-order chi connectivity index (χ1) is 10.8. The van der Waals surface area contributed by atoms with Gasteiger partial charge in [-0.3, -0.25) is 4.79 Å². The smallest absolute Gasteiger partial charge is 0.274 e. The Hall–Kier alpha value is -2.27. The van der Waals surface area contributed by atoms with Crippen LogP contribution in [0, 0.1) is 0 Å². The van der Waals surface area contributed by atoms with Gasteiger partial charge < -0.3 is 15.4 Å². The van der Waals surface area contributed by atoms with Crippen LogP contribution in [0.2, 0.25) is 5.02 Å². The van der Waals surface area contributed by atoms with Crippen molar-refractivity contribution in [2.24, 2.45) is 0 Å². The molecule has 0 bridgehead atoms. The third kappa shape index (κ3) is 4.86. The number of carbonyl (C=O) groups excluding carboxylic acids is 1. The summed E-state index contributed by atoms with van der Waals surface area (Å²) in [6, 6.07) is 10.7. The number of amides is 1. The minimum Gasteiger partial charge on any atom is -0.494 e. The summed E-state index contributed by atoms with van der Waals surface area (Å²) in [4.78, 5) is 16.8. The van der Waals surface area contributed by atoms with Crippen molar-refractivity contribution >= 4 is 29.0 Å². The second-order valence-corrected chi connectivity index (χ2v) is 6.52. The summed E-state index contributed by atoms with van der Waals surface area (Å²) >= 11 is 5.97. The number of hydrogen-bond donors (Lipinski definition) is 2. The van der Waals surface area contributed by atoms with Gasteiger partial charge in [-0.05, 0) is 51.1 Å². The molecule has 2 aromatic rings. The van der Waals surface area contributed by atoms with E-state index in [1.807, 2.05) is 32.9 Å². The molecule has 23 heavy (non-hydrogen) atoms. The number of pyridine rings is 1. The van der Waals surface area contributed by atoms with E-state index in [1.165, 1.54) is 7.11 Å². The molecule has 1 aromatic carbocycles. The summed E-state index contributed by atoms with van der Waals surface area (Å²) in [7, 11) is 1.51. The highest BCUT2D eigenvalue weighted by Gasteiger charge is 2.20. The van der Waals surface area contributed by atoms with E-state index in [0.29, 0.717) is 16.6 Å². The Morgan fingerprint density at radius 2 is 1.96 bits per heavy atom. The number of methoxy groups -OCH3 is 1. The highest BCUT2D eigenvalue weighted by Crippen LogP contribution is 2.23. The lowest BCUT2D eigenvalue weighted by Crippen LogP contribution is -2.41. The van der Waals surface area contributed by atoms with Gasteiger partial charge in [-0.1, -0.05) is 17.7 Å². The lowest BCUT2D eigenvalue weighted by atomic mass is 10.1. The van der Waals surface area contributed by atoms with Crippen molar-refractivity contribution in [2.75, 3.05) is 12.4 Å². The average Bonchev–Trinajstić information content (AvgIpc) is 2.45. The zero-order chi connectivity index (χ0) is 17.0. The van der Waals surface area contributed by atoms with Gasteiger partial charge in [-0.2, -0.15) is 0 Å². The van der Waals surface area contributed by atoms with Gasteiger partial charge >= 0.3 is 0 Å². The van der Waals surface area contributed by atoms with E-state index in [4.69, 9.17) is 16.3 Å². The molecule has 6 heteroatoms. The third-order valence-corrected chi connectivity index (χ3v) is 3.11. The van der Waals surface area contributed by atoms with E-state index in [-0.39, 0.29) is 17.1 Å². The summed E-state index contributed by atoms with van der Waals surface area (Å²) in [6.45, 7) is 5.72. The first kappa shape index (κ1) is 17.1. The number of nitrogens with one attached hydrogen (secondary N) is 2. The number of hydrogen-bond acceptors (Lipinski definition) is 4. The van der Waals surface area contributed by atoms with Crippen molar-refractivity contribution in [3.05, 3.63) is 47.1 Å². The second kappa shape index (κ2) is 6.87. The first-order valence-electron chi connectivity index (χ1n) is 7.18. The number of rotatable bonds is 4. The van der Waals surface area contributed by atoms with Gasteiger partial charge in [0.15, 0.2) is 5.69 Å². The zero-order valence-electron chi connectivity index (χ0n) is 13.6. The molecule has 5 nitrogen and oxygen atoms in total. The van der Waals surface area contributed by atoms with Gasteiger partial charge in [-0.15, -0.1) is 0 Å². The molecule has 0 saturated heterocycles. The standard InChI is InChI=1S/C17H20ClN3O2/c1-17(2,3)21-16(22)15-13(23-4)8-9-14(20-15)19-12-7-5-6-11(18)10-12/h5-10H,1-4H3,(H,19,20)(H,21,22). The molecule has 0 aliphatic heterocycles. The maximum atomic E-state index is 12.4. The van der Waals surface area contributed by atoms with Crippen LogP contribution < -0.4 is 15.4 Å². The van der Waals surface area contributed by atoms with Crippen LogP contribution >= 0.6 is 11.6 Å². The van der Waals surface area contributed by atoms with E-state index in [0.717, 1.165) is 5.69 Å². The number of benzene rings is 1. The van der Waals surface area contributed by atoms with Crippen LogP contribution in [0.25, 0.3) is 0 Å². The van der Waals surface area contributed by atoms with E-state index in [9.17, 15) is 4.79 Å². The lowest BCUT2D eigenvalue weighted by Gasteiger charge is -2.21. The normalized spacial score (nSPS) is 11.0. The van der Waals surface area contributed by atoms with Gasteiger partial charge in [0.2, 0.25) is 0 Å². The highest BCUT2D eigenvalue weighted by molar-refractivity contribution is 6.30. The van der Waals surface area contributed by atoms with Crippen LogP contribution in [0.3, 0.4) is 0 Å². The molecule has 0 aliphatic rings. The number of halogens is 1. The number of aromatic nitrogens is 1. The van der Waals surface area contributed by atoms with E-state index in [2.05, 4.69) is 15.6 Å². The van der Waals surface area contributed by atoms with Gasteiger partial charge in [0.1, 0.15) is 11.6 Å². The Balaban J connectivity index is 2.29. The largest absolute Gasteiger partial charge is 0.494 e. The van der Waals surface area contributed by atoms with Crippen molar-refractivity contribution in [1.29, 1.82) is 0 Å². The highest BCUT2D eigenvalue weighted by atomic mass is 35.5. The fourth-order valence-electron chi connectivity index (χ4n) is 1.96. The number of nitrogens with zero attached hydrogens (tertiary/aromatic N) is 1.